The molecule has 3 aromatic rings. The van der Waals surface area contributed by atoms with Gasteiger partial charge in [-0.2, -0.15) is 9.97 Å². The molecule has 1 fully saturated rings. The number of nitrogens with two attached hydrogens (primary N) is 1. The number of aliphatic hydroxyl groups excluding tert-OH is 2. The molecular weight excluding hydrogens is 395 g/mol. The number of aromatic nitrogens is 4. The molecule has 3 atom stereocenters. The second kappa shape index (κ2) is 7.10. The number of anilines is 3. The summed E-state index contributed by atoms with van der Waals surface area (Å²) in [6.45, 7) is -0.274. The van der Waals surface area contributed by atoms with Crippen LogP contribution in [0.3, 0.4) is 0 Å². The Hall–Kier alpha value is -2.17. The summed E-state index contributed by atoms with van der Waals surface area (Å²) in [4.78, 5) is 12.9. The molecule has 0 bridgehead atoms. The van der Waals surface area contributed by atoms with Gasteiger partial charge in [0.25, 0.3) is 0 Å². The van der Waals surface area contributed by atoms with Crippen LogP contribution in [0.25, 0.3) is 11.2 Å². The number of hydrogen-bond donors (Lipinski definition) is 4. The topological polar surface area (TPSA) is 131 Å². The quantitative estimate of drug-likeness (QED) is 0.513. The lowest BCUT2D eigenvalue weighted by molar-refractivity contribution is -0.0432. The Morgan fingerprint density at radius 3 is 2.67 bits per heavy atom. The molecule has 4 rings (SSSR count). The molecule has 3 heterocycles. The smallest absolute Gasteiger partial charge is 0.231 e. The zero-order valence-electron chi connectivity index (χ0n) is 13.9. The molecule has 5 N–H and O–H groups in total. The van der Waals surface area contributed by atoms with Crippen molar-refractivity contribution in [2.45, 2.75) is 24.9 Å². The standard InChI is InChI=1S/C16H16Cl2N6O3/c17-7-1-8(18)3-9(2-7)21-16-22-14(19)13-15(23-16)24(6-20-13)12-4-10(26)11(5-25)27-12/h1-3,6,10-12,25-26H,4-5H2,(H3,19,21,22,23)/t10-,11+,12+/m0/s1. The van der Waals surface area contributed by atoms with E-state index in [1.165, 1.54) is 6.33 Å². The van der Waals surface area contributed by atoms with E-state index in [-0.39, 0.29) is 18.4 Å². The molecule has 1 aromatic carbocycles. The van der Waals surface area contributed by atoms with E-state index in [9.17, 15) is 10.2 Å². The maximum atomic E-state index is 9.97. The van der Waals surface area contributed by atoms with Crippen molar-refractivity contribution in [2.75, 3.05) is 17.7 Å². The van der Waals surface area contributed by atoms with Crippen molar-refractivity contribution in [3.8, 4) is 0 Å². The third kappa shape index (κ3) is 3.52. The van der Waals surface area contributed by atoms with E-state index in [0.717, 1.165) is 0 Å². The summed E-state index contributed by atoms with van der Waals surface area (Å²) in [6.07, 6.45) is -0.134. The van der Waals surface area contributed by atoms with Crippen LogP contribution in [-0.4, -0.2) is 48.5 Å². The van der Waals surface area contributed by atoms with Gasteiger partial charge in [0.1, 0.15) is 17.8 Å². The van der Waals surface area contributed by atoms with Crippen molar-refractivity contribution >= 4 is 51.8 Å². The molecule has 2 aromatic heterocycles. The third-order valence-corrected chi connectivity index (χ3v) is 4.70. The van der Waals surface area contributed by atoms with Crippen LogP contribution in [0.1, 0.15) is 12.6 Å². The molecule has 1 aliphatic rings. The van der Waals surface area contributed by atoms with Crippen LogP contribution >= 0.6 is 23.2 Å². The lowest BCUT2D eigenvalue weighted by Crippen LogP contribution is -2.24. The molecule has 1 saturated heterocycles. The normalized spacial score (nSPS) is 22.4. The number of ether oxygens (including phenoxy) is 1. The molecule has 0 spiro atoms. The minimum absolute atomic E-state index is 0.187. The fourth-order valence-electron chi connectivity index (χ4n) is 3.01. The average Bonchev–Trinajstić information content (AvgIpc) is 3.17. The minimum atomic E-state index is -0.775. The minimum Gasteiger partial charge on any atom is -0.394 e. The molecule has 142 valence electrons. The number of rotatable bonds is 4. The largest absolute Gasteiger partial charge is 0.394 e. The second-order valence-electron chi connectivity index (χ2n) is 6.15. The average molecular weight is 411 g/mol. The number of aliphatic hydroxyl groups is 2. The van der Waals surface area contributed by atoms with Crippen LogP contribution in [0.5, 0.6) is 0 Å². The molecule has 11 heteroatoms. The van der Waals surface area contributed by atoms with Gasteiger partial charge < -0.3 is 26.0 Å². The highest BCUT2D eigenvalue weighted by Gasteiger charge is 2.35. The summed E-state index contributed by atoms with van der Waals surface area (Å²) in [5.41, 5.74) is 7.47. The Kier molecular flexibility index (Phi) is 4.79. The van der Waals surface area contributed by atoms with Gasteiger partial charge >= 0.3 is 0 Å². The van der Waals surface area contributed by atoms with Gasteiger partial charge in [0.15, 0.2) is 11.5 Å². The first-order valence-corrected chi connectivity index (χ1v) is 8.87. The van der Waals surface area contributed by atoms with Crippen molar-refractivity contribution in [1.82, 2.24) is 19.5 Å². The van der Waals surface area contributed by atoms with E-state index in [1.807, 2.05) is 0 Å². The van der Waals surface area contributed by atoms with Gasteiger partial charge in [0, 0.05) is 22.2 Å². The van der Waals surface area contributed by atoms with Crippen LogP contribution in [0.2, 0.25) is 10.0 Å². The van der Waals surface area contributed by atoms with Crippen molar-refractivity contribution in [3.63, 3.8) is 0 Å². The monoisotopic (exact) mass is 410 g/mol. The fourth-order valence-corrected chi connectivity index (χ4v) is 3.54. The molecule has 9 nitrogen and oxygen atoms in total. The van der Waals surface area contributed by atoms with Gasteiger partial charge in [-0.05, 0) is 18.2 Å². The summed E-state index contributed by atoms with van der Waals surface area (Å²) in [5, 5.41) is 23.2. The number of halogens is 2. The predicted octanol–water partition coefficient (Wildman–Crippen LogP) is 2.10. The summed E-state index contributed by atoms with van der Waals surface area (Å²) in [7, 11) is 0. The van der Waals surface area contributed by atoms with E-state index in [2.05, 4.69) is 20.3 Å². The number of benzene rings is 1. The van der Waals surface area contributed by atoms with Crippen LogP contribution in [-0.2, 0) is 4.74 Å². The Morgan fingerprint density at radius 2 is 2.00 bits per heavy atom. The lowest BCUT2D eigenvalue weighted by Gasteiger charge is -2.14. The summed E-state index contributed by atoms with van der Waals surface area (Å²) < 4.78 is 7.33. The Bertz CT molecular complexity index is 977. The SMILES string of the molecule is Nc1nc(Nc2cc(Cl)cc(Cl)c2)nc2c1ncn2[C@H]1C[C@H](O)[C@@H](CO)O1. The molecule has 0 radical (unpaired) electrons. The van der Waals surface area contributed by atoms with Crippen LogP contribution in [0.4, 0.5) is 17.5 Å². The molecular formula is C16H16Cl2N6O3. The van der Waals surface area contributed by atoms with Crippen molar-refractivity contribution < 1.29 is 14.9 Å². The first-order chi connectivity index (χ1) is 12.9. The van der Waals surface area contributed by atoms with Gasteiger partial charge in [-0.3, -0.25) is 4.57 Å². The summed E-state index contributed by atoms with van der Waals surface area (Å²) in [5.74, 6) is 0.420. The molecule has 0 aliphatic carbocycles. The molecule has 0 saturated carbocycles. The highest BCUT2D eigenvalue weighted by atomic mass is 35.5. The Labute approximate surface area is 163 Å². The zero-order valence-corrected chi connectivity index (χ0v) is 15.4. The summed E-state index contributed by atoms with van der Waals surface area (Å²) >= 11 is 12.0. The van der Waals surface area contributed by atoms with E-state index in [0.29, 0.717) is 33.3 Å². The van der Waals surface area contributed by atoms with E-state index in [4.69, 9.17) is 33.7 Å². The maximum absolute atomic E-state index is 9.97. The highest BCUT2D eigenvalue weighted by molar-refractivity contribution is 6.35. The molecule has 1 aliphatic heterocycles. The number of nitrogens with zero attached hydrogens (tertiary/aromatic N) is 4. The van der Waals surface area contributed by atoms with Crippen molar-refractivity contribution in [3.05, 3.63) is 34.6 Å². The van der Waals surface area contributed by atoms with Crippen LogP contribution < -0.4 is 11.1 Å². The van der Waals surface area contributed by atoms with Crippen molar-refractivity contribution in [2.24, 2.45) is 0 Å². The van der Waals surface area contributed by atoms with E-state index in [1.54, 1.807) is 22.8 Å². The third-order valence-electron chi connectivity index (χ3n) is 4.26. The molecule has 0 unspecified atom stereocenters. The van der Waals surface area contributed by atoms with Gasteiger partial charge in [-0.15, -0.1) is 0 Å². The van der Waals surface area contributed by atoms with Gasteiger partial charge in [0.05, 0.1) is 19.0 Å². The number of hydrogen-bond acceptors (Lipinski definition) is 8. The van der Waals surface area contributed by atoms with E-state index >= 15 is 0 Å². The number of fused-ring (bicyclic) bond motifs is 1. The number of imidazole rings is 1. The molecule has 27 heavy (non-hydrogen) atoms. The summed E-state index contributed by atoms with van der Waals surface area (Å²) in [6, 6.07) is 4.97. The Morgan fingerprint density at radius 1 is 1.26 bits per heavy atom. The zero-order chi connectivity index (χ0) is 19.1. The second-order valence-corrected chi connectivity index (χ2v) is 7.03. The fraction of sp³-hybridized carbons (Fsp3) is 0.312. The van der Waals surface area contributed by atoms with Crippen LogP contribution in [0.15, 0.2) is 24.5 Å². The van der Waals surface area contributed by atoms with E-state index < -0.39 is 18.4 Å². The number of nitrogen functional groups attached to an aromatic ring is 1. The van der Waals surface area contributed by atoms with Crippen LogP contribution in [0, 0.1) is 0 Å². The van der Waals surface area contributed by atoms with Gasteiger partial charge in [-0.1, -0.05) is 23.2 Å². The predicted molar refractivity (Wildman–Crippen MR) is 101 cm³/mol. The first-order valence-electron chi connectivity index (χ1n) is 8.12. The lowest BCUT2D eigenvalue weighted by atomic mass is 10.2. The highest BCUT2D eigenvalue weighted by Crippen LogP contribution is 2.32. The Balaban J connectivity index is 1.70. The van der Waals surface area contributed by atoms with Crippen molar-refractivity contribution in [1.29, 1.82) is 0 Å². The van der Waals surface area contributed by atoms with Gasteiger partial charge in [-0.25, -0.2) is 4.98 Å². The molecule has 0 amide bonds. The number of nitrogens with one attached hydrogen (secondary N) is 1. The van der Waals surface area contributed by atoms with Gasteiger partial charge in [0.2, 0.25) is 5.95 Å². The first kappa shape index (κ1) is 18.2. The maximum Gasteiger partial charge on any atom is 0.231 e.